The highest BCUT2D eigenvalue weighted by Crippen LogP contribution is 2.31. The van der Waals surface area contributed by atoms with Crippen LogP contribution in [-0.2, 0) is 5.88 Å². The largest absolute Gasteiger partial charge is 0.483 e. The lowest BCUT2D eigenvalue weighted by atomic mass is 10.1. The average Bonchev–Trinajstić information content (AvgIpc) is 2.67. The first kappa shape index (κ1) is 14.1. The number of hydrogen-bond acceptors (Lipinski definition) is 3. The van der Waals surface area contributed by atoms with Crippen LogP contribution in [0.4, 0.5) is 5.69 Å². The molecule has 1 aromatic rings. The van der Waals surface area contributed by atoms with Gasteiger partial charge in [0.25, 0.3) is 0 Å². The number of nitro benzene ring substituents is 1. The minimum Gasteiger partial charge on any atom is -0.483 e. The SMILES string of the molecule is O=[N+]([O-])c1ccc(CCl)cc1OC1CCCCCC1. The molecule has 0 N–H and O–H groups in total. The van der Waals surface area contributed by atoms with Crippen LogP contribution in [0, 0.1) is 10.1 Å². The molecular formula is C14H18ClNO3. The van der Waals surface area contributed by atoms with Gasteiger partial charge in [0.05, 0.1) is 11.0 Å². The number of rotatable bonds is 4. The second-order valence-electron chi connectivity index (χ2n) is 4.92. The van der Waals surface area contributed by atoms with Gasteiger partial charge in [-0.05, 0) is 37.3 Å². The van der Waals surface area contributed by atoms with E-state index in [1.165, 1.54) is 18.9 Å². The van der Waals surface area contributed by atoms with Crippen LogP contribution < -0.4 is 4.74 Å². The lowest BCUT2D eigenvalue weighted by molar-refractivity contribution is -0.386. The van der Waals surface area contributed by atoms with Gasteiger partial charge in [0.1, 0.15) is 0 Å². The first-order valence-corrected chi connectivity index (χ1v) is 7.24. The normalized spacial score (nSPS) is 16.9. The first-order valence-electron chi connectivity index (χ1n) is 6.70. The molecule has 0 bridgehead atoms. The van der Waals surface area contributed by atoms with Crippen molar-refractivity contribution in [1.82, 2.24) is 0 Å². The Labute approximate surface area is 117 Å². The maximum absolute atomic E-state index is 11.0. The number of ether oxygens (including phenoxy) is 1. The van der Waals surface area contributed by atoms with E-state index in [0.29, 0.717) is 11.6 Å². The maximum Gasteiger partial charge on any atom is 0.310 e. The summed E-state index contributed by atoms with van der Waals surface area (Å²) >= 11 is 5.77. The Bertz CT molecular complexity index is 442. The molecule has 104 valence electrons. The van der Waals surface area contributed by atoms with E-state index in [1.807, 2.05) is 0 Å². The Morgan fingerprint density at radius 3 is 2.53 bits per heavy atom. The van der Waals surface area contributed by atoms with Crippen molar-refractivity contribution in [3.05, 3.63) is 33.9 Å². The highest BCUT2D eigenvalue weighted by molar-refractivity contribution is 6.17. The molecule has 0 saturated heterocycles. The standard InChI is InChI=1S/C14H18ClNO3/c15-10-11-7-8-13(16(17)18)14(9-11)19-12-5-3-1-2-4-6-12/h7-9,12H,1-6,10H2. The number of nitrogens with zero attached hydrogens (tertiary/aromatic N) is 1. The topological polar surface area (TPSA) is 52.4 Å². The van der Waals surface area contributed by atoms with Gasteiger partial charge in [-0.1, -0.05) is 18.9 Å². The molecule has 1 aliphatic rings. The van der Waals surface area contributed by atoms with Gasteiger partial charge in [-0.15, -0.1) is 11.6 Å². The number of hydrogen-bond donors (Lipinski definition) is 0. The van der Waals surface area contributed by atoms with E-state index >= 15 is 0 Å². The Balaban J connectivity index is 2.18. The summed E-state index contributed by atoms with van der Waals surface area (Å²) in [4.78, 5) is 10.6. The smallest absolute Gasteiger partial charge is 0.310 e. The highest BCUT2D eigenvalue weighted by Gasteiger charge is 2.20. The van der Waals surface area contributed by atoms with Crippen molar-refractivity contribution in [3.63, 3.8) is 0 Å². The molecule has 1 saturated carbocycles. The molecule has 0 radical (unpaired) electrons. The molecule has 0 amide bonds. The molecule has 1 aromatic carbocycles. The van der Waals surface area contributed by atoms with E-state index in [0.717, 1.165) is 31.2 Å². The fourth-order valence-corrected chi connectivity index (χ4v) is 2.59. The molecule has 19 heavy (non-hydrogen) atoms. The van der Waals surface area contributed by atoms with E-state index in [-0.39, 0.29) is 11.8 Å². The second kappa shape index (κ2) is 6.75. The fourth-order valence-electron chi connectivity index (χ4n) is 2.43. The average molecular weight is 284 g/mol. The van der Waals surface area contributed by atoms with E-state index in [1.54, 1.807) is 12.1 Å². The molecule has 0 atom stereocenters. The third-order valence-electron chi connectivity index (χ3n) is 3.47. The van der Waals surface area contributed by atoms with Gasteiger partial charge in [0, 0.05) is 11.9 Å². The minimum atomic E-state index is -0.399. The Morgan fingerprint density at radius 2 is 1.95 bits per heavy atom. The van der Waals surface area contributed by atoms with Crippen LogP contribution in [0.3, 0.4) is 0 Å². The quantitative estimate of drug-likeness (QED) is 0.355. The Morgan fingerprint density at radius 1 is 1.26 bits per heavy atom. The summed E-state index contributed by atoms with van der Waals surface area (Å²) in [5.74, 6) is 0.689. The zero-order valence-electron chi connectivity index (χ0n) is 10.8. The minimum absolute atomic E-state index is 0.0260. The van der Waals surface area contributed by atoms with Crippen molar-refractivity contribution in [2.24, 2.45) is 0 Å². The van der Waals surface area contributed by atoms with Gasteiger partial charge >= 0.3 is 5.69 Å². The predicted molar refractivity (Wildman–Crippen MR) is 74.8 cm³/mol. The fraction of sp³-hybridized carbons (Fsp3) is 0.571. The molecule has 0 unspecified atom stereocenters. The molecule has 0 aliphatic heterocycles. The van der Waals surface area contributed by atoms with Crippen LogP contribution in [0.1, 0.15) is 44.1 Å². The molecule has 0 heterocycles. The van der Waals surface area contributed by atoms with Crippen LogP contribution in [-0.4, -0.2) is 11.0 Å². The summed E-state index contributed by atoms with van der Waals surface area (Å²) in [6.45, 7) is 0. The van der Waals surface area contributed by atoms with Crippen molar-refractivity contribution in [2.75, 3.05) is 0 Å². The monoisotopic (exact) mass is 283 g/mol. The number of benzene rings is 1. The molecule has 0 aromatic heterocycles. The third-order valence-corrected chi connectivity index (χ3v) is 3.78. The Kier molecular flexibility index (Phi) is 5.02. The molecule has 1 fully saturated rings. The van der Waals surface area contributed by atoms with Gasteiger partial charge in [-0.3, -0.25) is 10.1 Å². The lowest BCUT2D eigenvalue weighted by Gasteiger charge is -2.17. The van der Waals surface area contributed by atoms with Gasteiger partial charge in [-0.2, -0.15) is 0 Å². The Hall–Kier alpha value is -1.29. The van der Waals surface area contributed by atoms with Gasteiger partial charge in [0.2, 0.25) is 0 Å². The summed E-state index contributed by atoms with van der Waals surface area (Å²) in [5.41, 5.74) is 0.869. The van der Waals surface area contributed by atoms with Crippen LogP contribution in [0.25, 0.3) is 0 Å². The lowest BCUT2D eigenvalue weighted by Crippen LogP contribution is -2.16. The predicted octanol–water partition coefficient (Wildman–Crippen LogP) is 4.44. The summed E-state index contributed by atoms with van der Waals surface area (Å²) in [6, 6.07) is 4.84. The van der Waals surface area contributed by atoms with E-state index in [4.69, 9.17) is 16.3 Å². The van der Waals surface area contributed by atoms with Crippen LogP contribution in [0.15, 0.2) is 18.2 Å². The third kappa shape index (κ3) is 3.83. The molecule has 2 rings (SSSR count). The van der Waals surface area contributed by atoms with Crippen LogP contribution >= 0.6 is 11.6 Å². The van der Waals surface area contributed by atoms with Crippen molar-refractivity contribution in [1.29, 1.82) is 0 Å². The highest BCUT2D eigenvalue weighted by atomic mass is 35.5. The maximum atomic E-state index is 11.0. The van der Waals surface area contributed by atoms with Crippen LogP contribution in [0.2, 0.25) is 0 Å². The van der Waals surface area contributed by atoms with Crippen molar-refractivity contribution < 1.29 is 9.66 Å². The van der Waals surface area contributed by atoms with E-state index in [9.17, 15) is 10.1 Å². The first-order chi connectivity index (χ1) is 9.20. The number of halogens is 1. The van der Waals surface area contributed by atoms with E-state index in [2.05, 4.69) is 0 Å². The van der Waals surface area contributed by atoms with Crippen molar-refractivity contribution in [3.8, 4) is 5.75 Å². The van der Waals surface area contributed by atoms with Gasteiger partial charge < -0.3 is 4.74 Å². The summed E-state index contributed by atoms with van der Waals surface area (Å²) in [5, 5.41) is 11.0. The van der Waals surface area contributed by atoms with Gasteiger partial charge in [-0.25, -0.2) is 0 Å². The van der Waals surface area contributed by atoms with Crippen molar-refractivity contribution in [2.45, 2.75) is 50.5 Å². The summed E-state index contributed by atoms with van der Waals surface area (Å²) in [7, 11) is 0. The summed E-state index contributed by atoms with van der Waals surface area (Å²) < 4.78 is 5.87. The number of alkyl halides is 1. The second-order valence-corrected chi connectivity index (χ2v) is 5.19. The van der Waals surface area contributed by atoms with E-state index < -0.39 is 4.92 Å². The number of nitro groups is 1. The molecule has 1 aliphatic carbocycles. The zero-order chi connectivity index (χ0) is 13.7. The van der Waals surface area contributed by atoms with Gasteiger partial charge in [0.15, 0.2) is 5.75 Å². The molecule has 4 nitrogen and oxygen atoms in total. The molecular weight excluding hydrogens is 266 g/mol. The summed E-state index contributed by atoms with van der Waals surface area (Å²) in [6.07, 6.45) is 6.76. The van der Waals surface area contributed by atoms with Crippen LogP contribution in [0.5, 0.6) is 5.75 Å². The van der Waals surface area contributed by atoms with Crippen molar-refractivity contribution >= 4 is 17.3 Å². The molecule has 0 spiro atoms. The zero-order valence-corrected chi connectivity index (χ0v) is 11.6. The molecule has 5 heteroatoms.